The summed E-state index contributed by atoms with van der Waals surface area (Å²) in [6.45, 7) is -0.00318. The van der Waals surface area contributed by atoms with Crippen molar-refractivity contribution in [3.63, 3.8) is 0 Å². The number of nitrogens with one attached hydrogen (secondary N) is 1. The quantitative estimate of drug-likeness (QED) is 0.647. The molecule has 3 aromatic rings. The Morgan fingerprint density at radius 1 is 1.12 bits per heavy atom. The van der Waals surface area contributed by atoms with Gasteiger partial charge in [-0.25, -0.2) is 8.42 Å². The number of hydrogen-bond acceptors (Lipinski definition) is 6. The first-order chi connectivity index (χ1) is 12.5. The zero-order valence-corrected chi connectivity index (χ0v) is 16.4. The number of sulfone groups is 1. The third-order valence-corrected chi connectivity index (χ3v) is 8.44. The number of ether oxygens (including phenoxy) is 1. The number of rotatable bonds is 7. The molecule has 1 aromatic carbocycles. The first-order valence-corrected chi connectivity index (χ1v) is 11.1. The molecule has 0 aliphatic rings. The average Bonchev–Trinajstić information content (AvgIpc) is 3.35. The monoisotopic (exact) mass is 407 g/mol. The van der Waals surface area contributed by atoms with E-state index in [0.717, 1.165) is 0 Å². The summed E-state index contributed by atoms with van der Waals surface area (Å²) in [5.74, 6) is 0.227. The fourth-order valence-corrected chi connectivity index (χ4v) is 6.44. The first-order valence-electron chi connectivity index (χ1n) is 7.75. The number of amides is 1. The number of carbonyl (C=O) groups excluding carboxylic acids is 1. The number of hydrogen-bond donors (Lipinski definition) is 1. The number of benzene rings is 1. The largest absolute Gasteiger partial charge is 0.497 e. The maximum atomic E-state index is 13.0. The molecule has 0 fully saturated rings. The van der Waals surface area contributed by atoms with Gasteiger partial charge in [-0.15, -0.1) is 22.7 Å². The molecule has 136 valence electrons. The molecule has 8 heteroatoms. The smallest absolute Gasteiger partial charge is 0.251 e. The van der Waals surface area contributed by atoms with Crippen LogP contribution in [0.25, 0.3) is 0 Å². The van der Waals surface area contributed by atoms with Crippen molar-refractivity contribution >= 4 is 38.4 Å². The van der Waals surface area contributed by atoms with Crippen LogP contribution in [0.3, 0.4) is 0 Å². The second-order valence-electron chi connectivity index (χ2n) is 5.42. The molecule has 5 nitrogen and oxygen atoms in total. The summed E-state index contributed by atoms with van der Waals surface area (Å²) in [6.07, 6.45) is 0. The van der Waals surface area contributed by atoms with Gasteiger partial charge in [0.05, 0.1) is 7.11 Å². The molecule has 2 aromatic heterocycles. The van der Waals surface area contributed by atoms with Gasteiger partial charge in [-0.1, -0.05) is 18.2 Å². The second kappa shape index (κ2) is 8.03. The fourth-order valence-electron chi connectivity index (χ4n) is 2.46. The van der Waals surface area contributed by atoms with Crippen molar-refractivity contribution in [2.24, 2.45) is 0 Å². The van der Waals surface area contributed by atoms with Crippen LogP contribution in [0.5, 0.6) is 5.75 Å². The number of methoxy groups -OCH3 is 1. The minimum absolute atomic E-state index is 0.00318. The van der Waals surface area contributed by atoms with Gasteiger partial charge in [0.2, 0.25) is 0 Å². The van der Waals surface area contributed by atoms with Crippen LogP contribution in [0.2, 0.25) is 0 Å². The van der Waals surface area contributed by atoms with Gasteiger partial charge in [-0.05, 0) is 41.1 Å². The third-order valence-electron chi connectivity index (χ3n) is 3.79. The maximum absolute atomic E-state index is 13.0. The van der Waals surface area contributed by atoms with Crippen LogP contribution in [0.4, 0.5) is 0 Å². The van der Waals surface area contributed by atoms with Gasteiger partial charge in [0.25, 0.3) is 5.91 Å². The second-order valence-corrected chi connectivity index (χ2v) is 9.71. The summed E-state index contributed by atoms with van der Waals surface area (Å²) < 4.78 is 31.4. The van der Waals surface area contributed by atoms with Crippen molar-refractivity contribution in [1.82, 2.24) is 5.32 Å². The zero-order chi connectivity index (χ0) is 18.6. The van der Waals surface area contributed by atoms with Gasteiger partial charge in [-0.2, -0.15) is 0 Å². The van der Waals surface area contributed by atoms with E-state index >= 15 is 0 Å². The zero-order valence-electron chi connectivity index (χ0n) is 13.9. The Hall–Kier alpha value is -2.16. The van der Waals surface area contributed by atoms with Gasteiger partial charge >= 0.3 is 0 Å². The van der Waals surface area contributed by atoms with Crippen molar-refractivity contribution in [3.05, 3.63) is 69.7 Å². The Morgan fingerprint density at radius 3 is 2.54 bits per heavy atom. The van der Waals surface area contributed by atoms with Crippen molar-refractivity contribution in [2.45, 2.75) is 9.46 Å². The van der Waals surface area contributed by atoms with Crippen LogP contribution in [-0.4, -0.2) is 28.0 Å². The molecule has 3 rings (SSSR count). The molecule has 2 heterocycles. The topological polar surface area (TPSA) is 72.5 Å². The van der Waals surface area contributed by atoms with E-state index in [9.17, 15) is 13.2 Å². The summed E-state index contributed by atoms with van der Waals surface area (Å²) in [6, 6.07) is 13.6. The van der Waals surface area contributed by atoms with Crippen LogP contribution in [0, 0.1) is 0 Å². The summed E-state index contributed by atoms with van der Waals surface area (Å²) in [5, 5.41) is 5.48. The molecule has 0 saturated carbocycles. The van der Waals surface area contributed by atoms with Crippen LogP contribution in [0.1, 0.15) is 20.5 Å². The summed E-state index contributed by atoms with van der Waals surface area (Å²) in [5.41, 5.74) is 0.419. The summed E-state index contributed by atoms with van der Waals surface area (Å²) in [4.78, 5) is 13.1. The average molecular weight is 408 g/mol. The van der Waals surface area contributed by atoms with Gasteiger partial charge in [0.1, 0.15) is 15.2 Å². The molecule has 1 amide bonds. The minimum atomic E-state index is -3.58. The van der Waals surface area contributed by atoms with Crippen LogP contribution < -0.4 is 10.1 Å². The Bertz CT molecular complexity index is 964. The van der Waals surface area contributed by atoms with Crippen LogP contribution >= 0.6 is 22.7 Å². The van der Waals surface area contributed by atoms with Gasteiger partial charge in [0, 0.05) is 17.0 Å². The molecule has 0 aliphatic heterocycles. The maximum Gasteiger partial charge on any atom is 0.251 e. The molecule has 0 radical (unpaired) electrons. The van der Waals surface area contributed by atoms with Crippen LogP contribution in [0.15, 0.2) is 63.5 Å². The van der Waals surface area contributed by atoms with E-state index in [4.69, 9.17) is 4.74 Å². The van der Waals surface area contributed by atoms with E-state index in [0.29, 0.717) is 20.4 Å². The van der Waals surface area contributed by atoms with Crippen molar-refractivity contribution in [1.29, 1.82) is 0 Å². The van der Waals surface area contributed by atoms with E-state index in [1.165, 1.54) is 29.8 Å². The lowest BCUT2D eigenvalue weighted by Crippen LogP contribution is -2.31. The molecule has 0 unspecified atom stereocenters. The number of carbonyl (C=O) groups is 1. The van der Waals surface area contributed by atoms with Crippen molar-refractivity contribution in [3.8, 4) is 5.75 Å². The van der Waals surface area contributed by atoms with Crippen molar-refractivity contribution < 1.29 is 17.9 Å². The van der Waals surface area contributed by atoms with Crippen molar-refractivity contribution in [2.75, 3.05) is 13.7 Å². The van der Waals surface area contributed by atoms with Gasteiger partial charge in [0.15, 0.2) is 9.84 Å². The fraction of sp³-hybridized carbons (Fsp3) is 0.167. The summed E-state index contributed by atoms with van der Waals surface area (Å²) in [7, 11) is -2.06. The first kappa shape index (κ1) is 18.6. The Balaban J connectivity index is 1.82. The molecule has 0 aliphatic carbocycles. The molecule has 1 N–H and O–H groups in total. The Kier molecular flexibility index (Phi) is 5.75. The highest BCUT2D eigenvalue weighted by Gasteiger charge is 2.31. The molecular formula is C18H17NO4S3. The van der Waals surface area contributed by atoms with Crippen LogP contribution in [-0.2, 0) is 9.84 Å². The molecule has 0 bridgehead atoms. The molecular weight excluding hydrogens is 390 g/mol. The third kappa shape index (κ3) is 3.98. The normalized spacial score (nSPS) is 12.5. The van der Waals surface area contributed by atoms with E-state index in [1.807, 2.05) is 5.38 Å². The number of thiophene rings is 2. The Morgan fingerprint density at radius 2 is 1.88 bits per heavy atom. The molecule has 0 spiro atoms. The lowest BCUT2D eigenvalue weighted by Gasteiger charge is -2.16. The highest BCUT2D eigenvalue weighted by Crippen LogP contribution is 2.33. The van der Waals surface area contributed by atoms with E-state index < -0.39 is 15.1 Å². The molecule has 26 heavy (non-hydrogen) atoms. The standard InChI is InChI=1S/C18H17NO4S3/c1-23-14-6-2-5-13(11-14)18(20)19-12-16(15-7-3-9-24-15)26(21,22)17-8-4-10-25-17/h2-11,16H,12H2,1H3,(H,19,20)/t16-/m0/s1. The van der Waals surface area contributed by atoms with E-state index in [-0.39, 0.29) is 12.5 Å². The lowest BCUT2D eigenvalue weighted by atomic mass is 10.2. The highest BCUT2D eigenvalue weighted by atomic mass is 32.2. The summed E-state index contributed by atoms with van der Waals surface area (Å²) >= 11 is 2.54. The van der Waals surface area contributed by atoms with Gasteiger partial charge < -0.3 is 10.1 Å². The molecule has 0 saturated heterocycles. The lowest BCUT2D eigenvalue weighted by molar-refractivity contribution is 0.0953. The van der Waals surface area contributed by atoms with E-state index in [1.54, 1.807) is 53.9 Å². The molecule has 1 atom stereocenters. The Labute approximate surface area is 160 Å². The predicted molar refractivity (Wildman–Crippen MR) is 104 cm³/mol. The predicted octanol–water partition coefficient (Wildman–Crippen LogP) is 3.76. The van der Waals surface area contributed by atoms with E-state index in [2.05, 4.69) is 5.32 Å². The minimum Gasteiger partial charge on any atom is -0.497 e. The highest BCUT2D eigenvalue weighted by molar-refractivity contribution is 7.93. The SMILES string of the molecule is COc1cccc(C(=O)NC[C@@H](c2cccs2)S(=O)(=O)c2cccs2)c1. The van der Waals surface area contributed by atoms with Gasteiger partial charge in [-0.3, -0.25) is 4.79 Å².